The van der Waals surface area contributed by atoms with E-state index in [-0.39, 0.29) is 30.3 Å². The summed E-state index contributed by atoms with van der Waals surface area (Å²) in [6.45, 7) is 7.81. The molecule has 0 bridgehead atoms. The second kappa shape index (κ2) is 14.1. The van der Waals surface area contributed by atoms with Crippen molar-refractivity contribution >= 4 is 35.2 Å². The Morgan fingerprint density at radius 2 is 1.68 bits per heavy atom. The average molecular weight is 526 g/mol. The fraction of sp³-hybridized carbons (Fsp3) is 0.429. The molecule has 10 heteroatoms. The van der Waals surface area contributed by atoms with Gasteiger partial charge in [-0.3, -0.25) is 14.9 Å². The summed E-state index contributed by atoms with van der Waals surface area (Å²) in [6.07, 6.45) is 0.654. The molecule has 0 aromatic heterocycles. The topological polar surface area (TPSA) is 152 Å². The van der Waals surface area contributed by atoms with Crippen molar-refractivity contribution in [2.24, 2.45) is 11.7 Å². The van der Waals surface area contributed by atoms with Crippen molar-refractivity contribution in [2.75, 3.05) is 24.2 Å². The zero-order chi connectivity index (χ0) is 28.3. The SMILES string of the molecule is CN[C@H](C(C)=O)C(C)(C)c1cccc(NC(=O)OCc2ccc(NC(=O)[C@@H](C)CCCNC(N)=O)cc2)c1. The predicted octanol–water partition coefficient (Wildman–Crippen LogP) is 3.91. The number of anilines is 2. The third kappa shape index (κ3) is 9.19. The zero-order valence-corrected chi connectivity index (χ0v) is 22.7. The summed E-state index contributed by atoms with van der Waals surface area (Å²) in [7, 11) is 1.75. The molecule has 4 amide bonds. The first-order valence-electron chi connectivity index (χ1n) is 12.6. The number of carbonyl (C=O) groups excluding carboxylic acids is 4. The molecule has 0 heterocycles. The quantitative estimate of drug-likeness (QED) is 0.250. The normalized spacial score (nSPS) is 12.7. The Hall–Kier alpha value is -3.92. The van der Waals surface area contributed by atoms with Crippen molar-refractivity contribution in [1.29, 1.82) is 0 Å². The average Bonchev–Trinajstić information content (AvgIpc) is 2.86. The summed E-state index contributed by atoms with van der Waals surface area (Å²) in [5.41, 5.74) is 7.40. The Kier molecular flexibility index (Phi) is 11.3. The van der Waals surface area contributed by atoms with Gasteiger partial charge in [-0.25, -0.2) is 9.59 Å². The van der Waals surface area contributed by atoms with E-state index in [0.717, 1.165) is 11.1 Å². The Labute approximate surface area is 224 Å². The van der Waals surface area contributed by atoms with Crippen molar-refractivity contribution < 1.29 is 23.9 Å². The Balaban J connectivity index is 1.86. The minimum Gasteiger partial charge on any atom is -0.444 e. The summed E-state index contributed by atoms with van der Waals surface area (Å²) in [5, 5.41) is 11.2. The zero-order valence-electron chi connectivity index (χ0n) is 22.7. The number of nitrogens with one attached hydrogen (secondary N) is 4. The maximum Gasteiger partial charge on any atom is 0.411 e. The van der Waals surface area contributed by atoms with Crippen molar-refractivity contribution in [3.63, 3.8) is 0 Å². The van der Waals surface area contributed by atoms with Crippen molar-refractivity contribution in [3.05, 3.63) is 59.7 Å². The number of likely N-dealkylation sites (N-methyl/N-ethyl adjacent to an activating group) is 1. The Morgan fingerprint density at radius 3 is 2.29 bits per heavy atom. The fourth-order valence-corrected chi connectivity index (χ4v) is 4.24. The van der Waals surface area contributed by atoms with Gasteiger partial charge < -0.3 is 26.4 Å². The van der Waals surface area contributed by atoms with E-state index < -0.39 is 17.5 Å². The number of hydrogen-bond acceptors (Lipinski definition) is 6. The number of nitrogens with two attached hydrogens (primary N) is 1. The lowest BCUT2D eigenvalue weighted by atomic mass is 9.76. The maximum absolute atomic E-state index is 12.4. The van der Waals surface area contributed by atoms with Gasteiger partial charge in [-0.15, -0.1) is 0 Å². The van der Waals surface area contributed by atoms with Crippen LogP contribution in [0.2, 0.25) is 0 Å². The van der Waals surface area contributed by atoms with Crippen molar-refractivity contribution in [3.8, 4) is 0 Å². The van der Waals surface area contributed by atoms with Crippen LogP contribution in [0.25, 0.3) is 0 Å². The number of Topliss-reactive ketones (excluding diaryl/α,β-unsaturated/α-hetero) is 1. The lowest BCUT2D eigenvalue weighted by molar-refractivity contribution is -0.120. The molecule has 2 aromatic rings. The third-order valence-corrected chi connectivity index (χ3v) is 6.42. The highest BCUT2D eigenvalue weighted by atomic mass is 16.5. The molecule has 10 nitrogen and oxygen atoms in total. The molecule has 2 aromatic carbocycles. The van der Waals surface area contributed by atoms with Gasteiger partial charge in [-0.2, -0.15) is 0 Å². The van der Waals surface area contributed by atoms with Crippen LogP contribution in [0.5, 0.6) is 0 Å². The lowest BCUT2D eigenvalue weighted by Crippen LogP contribution is -2.47. The molecule has 0 aliphatic heterocycles. The molecule has 38 heavy (non-hydrogen) atoms. The van der Waals surface area contributed by atoms with Gasteiger partial charge in [-0.05, 0) is 62.2 Å². The maximum atomic E-state index is 12.4. The standard InChI is InChI=1S/C28H39N5O5/c1-18(8-7-15-31-26(29)36)25(35)32-22-13-11-20(12-14-22)17-38-27(37)33-23-10-6-9-21(16-23)28(3,4)24(30-5)19(2)34/h6,9-14,16,18,24,30H,7-8,15,17H2,1-5H3,(H,32,35)(H,33,37)(H3,29,31,36)/t18-,24+/m0/s1. The Morgan fingerprint density at radius 1 is 1.00 bits per heavy atom. The molecule has 0 fully saturated rings. The van der Waals surface area contributed by atoms with Gasteiger partial charge >= 0.3 is 12.1 Å². The summed E-state index contributed by atoms with van der Waals surface area (Å²) in [5.74, 6) is -0.320. The number of ketones is 1. The summed E-state index contributed by atoms with van der Waals surface area (Å²) < 4.78 is 5.35. The molecule has 0 saturated carbocycles. The molecule has 0 unspecified atom stereocenters. The van der Waals surface area contributed by atoms with E-state index in [4.69, 9.17) is 10.5 Å². The largest absolute Gasteiger partial charge is 0.444 e. The molecule has 206 valence electrons. The molecular weight excluding hydrogens is 486 g/mol. The molecule has 2 rings (SSSR count). The van der Waals surface area contributed by atoms with Crippen LogP contribution in [0.4, 0.5) is 21.0 Å². The summed E-state index contributed by atoms with van der Waals surface area (Å²) in [4.78, 5) is 47.5. The summed E-state index contributed by atoms with van der Waals surface area (Å²) >= 11 is 0. The third-order valence-electron chi connectivity index (χ3n) is 6.42. The van der Waals surface area contributed by atoms with Gasteiger partial charge in [0.25, 0.3) is 0 Å². The number of carbonyl (C=O) groups is 4. The number of benzene rings is 2. The molecular formula is C28H39N5O5. The van der Waals surface area contributed by atoms with Gasteiger partial charge in [0.1, 0.15) is 12.4 Å². The first-order valence-corrected chi connectivity index (χ1v) is 12.6. The Bertz CT molecular complexity index is 1120. The van der Waals surface area contributed by atoms with E-state index in [1.54, 1.807) is 44.3 Å². The van der Waals surface area contributed by atoms with E-state index >= 15 is 0 Å². The molecule has 6 N–H and O–H groups in total. The molecule has 2 atom stereocenters. The van der Waals surface area contributed by atoms with Crippen LogP contribution in [0.15, 0.2) is 48.5 Å². The van der Waals surface area contributed by atoms with Gasteiger partial charge in [0.05, 0.1) is 6.04 Å². The highest BCUT2D eigenvalue weighted by molar-refractivity contribution is 5.92. The highest BCUT2D eigenvalue weighted by Gasteiger charge is 2.33. The highest BCUT2D eigenvalue weighted by Crippen LogP contribution is 2.29. The first-order chi connectivity index (χ1) is 17.9. The van der Waals surface area contributed by atoms with Gasteiger partial charge in [0.15, 0.2) is 0 Å². The second-order valence-electron chi connectivity index (χ2n) is 9.86. The van der Waals surface area contributed by atoms with E-state index in [1.807, 2.05) is 39.0 Å². The molecule has 0 aliphatic rings. The van der Waals surface area contributed by atoms with Crippen LogP contribution in [0, 0.1) is 5.92 Å². The monoisotopic (exact) mass is 525 g/mol. The smallest absolute Gasteiger partial charge is 0.411 e. The van der Waals surface area contributed by atoms with Crippen LogP contribution >= 0.6 is 0 Å². The van der Waals surface area contributed by atoms with E-state index in [0.29, 0.717) is 30.8 Å². The number of amides is 4. The first kappa shape index (κ1) is 30.3. The molecule has 0 saturated heterocycles. The van der Waals surface area contributed by atoms with Crippen LogP contribution in [0.3, 0.4) is 0 Å². The second-order valence-corrected chi connectivity index (χ2v) is 9.86. The van der Waals surface area contributed by atoms with Crippen LogP contribution in [0.1, 0.15) is 51.7 Å². The number of urea groups is 1. The van der Waals surface area contributed by atoms with Crippen LogP contribution in [-0.2, 0) is 26.3 Å². The van der Waals surface area contributed by atoms with E-state index in [9.17, 15) is 19.2 Å². The van der Waals surface area contributed by atoms with Gasteiger partial charge in [-0.1, -0.05) is 45.0 Å². The minimum absolute atomic E-state index is 0.0324. The molecule has 0 spiro atoms. The van der Waals surface area contributed by atoms with Crippen LogP contribution < -0.4 is 27.0 Å². The number of rotatable bonds is 13. The van der Waals surface area contributed by atoms with Crippen molar-refractivity contribution in [1.82, 2.24) is 10.6 Å². The number of ether oxygens (including phenoxy) is 1. The van der Waals surface area contributed by atoms with Gasteiger partial charge in [0.2, 0.25) is 5.91 Å². The van der Waals surface area contributed by atoms with Crippen molar-refractivity contribution in [2.45, 2.75) is 58.6 Å². The van der Waals surface area contributed by atoms with E-state index in [2.05, 4.69) is 21.3 Å². The number of primary amides is 1. The molecule has 0 aliphatic carbocycles. The number of hydrogen-bond donors (Lipinski definition) is 5. The van der Waals surface area contributed by atoms with Gasteiger partial charge in [0, 0.05) is 29.3 Å². The minimum atomic E-state index is -0.603. The van der Waals surface area contributed by atoms with E-state index in [1.165, 1.54) is 0 Å². The molecule has 0 radical (unpaired) electrons. The van der Waals surface area contributed by atoms with Crippen LogP contribution in [-0.4, -0.2) is 43.4 Å². The lowest BCUT2D eigenvalue weighted by Gasteiger charge is -2.33. The fourth-order valence-electron chi connectivity index (χ4n) is 4.24. The summed E-state index contributed by atoms with van der Waals surface area (Å²) in [6, 6.07) is 13.4. The predicted molar refractivity (Wildman–Crippen MR) is 148 cm³/mol.